The van der Waals surface area contributed by atoms with Gasteiger partial charge in [-0.05, 0) is 25.1 Å². The average Bonchev–Trinajstić information content (AvgIpc) is 2.53. The van der Waals surface area contributed by atoms with Crippen LogP contribution in [-0.2, 0) is 0 Å². The van der Waals surface area contributed by atoms with Crippen LogP contribution < -0.4 is 10.6 Å². The van der Waals surface area contributed by atoms with E-state index in [1.54, 1.807) is 6.08 Å². The van der Waals surface area contributed by atoms with Crippen LogP contribution in [0.4, 0.5) is 0 Å². The zero-order chi connectivity index (χ0) is 8.81. The van der Waals surface area contributed by atoms with Gasteiger partial charge in [0.15, 0.2) is 5.11 Å². The van der Waals surface area contributed by atoms with Gasteiger partial charge < -0.3 is 10.6 Å². The summed E-state index contributed by atoms with van der Waals surface area (Å²) in [5, 5.41) is 6.98. The monoisotopic (exact) mass is 182 g/mol. The molecular weight excluding hydrogens is 168 g/mol. The molecule has 0 atom stereocenters. The van der Waals surface area contributed by atoms with Gasteiger partial charge in [0.2, 0.25) is 0 Å². The molecule has 0 saturated carbocycles. The lowest BCUT2D eigenvalue weighted by atomic mass is 10.2. The summed E-state index contributed by atoms with van der Waals surface area (Å²) in [7, 11) is 0. The number of hydrogen-bond donors (Lipinski definition) is 2. The Morgan fingerprint density at radius 3 is 2.83 bits per heavy atom. The van der Waals surface area contributed by atoms with Crippen molar-refractivity contribution in [3.05, 3.63) is 24.8 Å². The van der Waals surface area contributed by atoms with Crippen LogP contribution in [0.15, 0.2) is 24.8 Å². The first-order chi connectivity index (χ1) is 5.83. The molecule has 1 aliphatic rings. The molecule has 2 N–H and O–H groups in total. The molecule has 0 saturated heterocycles. The van der Waals surface area contributed by atoms with Crippen LogP contribution in [-0.4, -0.2) is 17.7 Å². The molecule has 0 bridgehead atoms. The highest BCUT2D eigenvalue weighted by molar-refractivity contribution is 7.80. The smallest absolute Gasteiger partial charge is 0.166 e. The van der Waals surface area contributed by atoms with Gasteiger partial charge in [0.05, 0.1) is 0 Å². The minimum atomic E-state index is 0.495. The first-order valence-electron chi connectivity index (χ1n) is 4.13. The molecule has 0 aliphatic heterocycles. The van der Waals surface area contributed by atoms with E-state index in [4.69, 9.17) is 12.2 Å². The van der Waals surface area contributed by atoms with Gasteiger partial charge in [-0.1, -0.05) is 18.2 Å². The number of nitrogens with one attached hydrogen (secondary N) is 2. The largest absolute Gasteiger partial charge is 0.359 e. The first-order valence-corrected chi connectivity index (χ1v) is 4.54. The maximum absolute atomic E-state index is 5.06. The molecule has 3 heteroatoms. The van der Waals surface area contributed by atoms with Gasteiger partial charge in [-0.25, -0.2) is 0 Å². The van der Waals surface area contributed by atoms with Gasteiger partial charge in [-0.3, -0.25) is 0 Å². The minimum Gasteiger partial charge on any atom is -0.359 e. The summed E-state index contributed by atoms with van der Waals surface area (Å²) in [6.45, 7) is 4.33. The third-order valence-electron chi connectivity index (χ3n) is 1.75. The Kier molecular flexibility index (Phi) is 3.80. The van der Waals surface area contributed by atoms with Crippen molar-refractivity contribution < 1.29 is 0 Å². The first kappa shape index (κ1) is 9.26. The SMILES string of the molecule is C=CCNC(=S)NC1CC=CC1. The zero-order valence-electron chi connectivity index (χ0n) is 7.05. The van der Waals surface area contributed by atoms with Crippen molar-refractivity contribution in [2.75, 3.05) is 6.54 Å². The highest BCUT2D eigenvalue weighted by atomic mass is 32.1. The highest BCUT2D eigenvalue weighted by Gasteiger charge is 2.09. The Balaban J connectivity index is 2.13. The van der Waals surface area contributed by atoms with Crippen LogP contribution in [0.25, 0.3) is 0 Å². The molecule has 0 fully saturated rings. The van der Waals surface area contributed by atoms with E-state index in [2.05, 4.69) is 29.4 Å². The summed E-state index contributed by atoms with van der Waals surface area (Å²) in [4.78, 5) is 0. The second-order valence-electron chi connectivity index (χ2n) is 2.78. The molecule has 0 spiro atoms. The van der Waals surface area contributed by atoms with E-state index in [1.807, 2.05) is 0 Å². The highest BCUT2D eigenvalue weighted by Crippen LogP contribution is 2.08. The number of thiocarbonyl (C=S) groups is 1. The quantitative estimate of drug-likeness (QED) is 0.509. The average molecular weight is 182 g/mol. The van der Waals surface area contributed by atoms with E-state index in [-0.39, 0.29) is 0 Å². The lowest BCUT2D eigenvalue weighted by Crippen LogP contribution is -2.40. The standard InChI is InChI=1S/C9H14N2S/c1-2-7-10-9(12)11-8-5-3-4-6-8/h2-4,8H,1,5-7H2,(H2,10,11,12). The second kappa shape index (κ2) is 4.93. The van der Waals surface area contributed by atoms with E-state index in [0.29, 0.717) is 6.04 Å². The Labute approximate surface area is 78.7 Å². The number of rotatable bonds is 3. The maximum Gasteiger partial charge on any atom is 0.166 e. The minimum absolute atomic E-state index is 0.495. The van der Waals surface area contributed by atoms with Crippen molar-refractivity contribution in [2.45, 2.75) is 18.9 Å². The van der Waals surface area contributed by atoms with Crippen LogP contribution in [0, 0.1) is 0 Å². The van der Waals surface area contributed by atoms with Gasteiger partial charge >= 0.3 is 0 Å². The molecular formula is C9H14N2S. The predicted molar refractivity (Wildman–Crippen MR) is 56.1 cm³/mol. The predicted octanol–water partition coefficient (Wildman–Crippen LogP) is 1.36. The number of hydrogen-bond acceptors (Lipinski definition) is 1. The summed E-state index contributed by atoms with van der Waals surface area (Å²) in [5.41, 5.74) is 0. The Morgan fingerprint density at radius 1 is 1.58 bits per heavy atom. The van der Waals surface area contributed by atoms with E-state index in [9.17, 15) is 0 Å². The Hall–Kier alpha value is -0.830. The summed E-state index contributed by atoms with van der Waals surface area (Å²) in [5.74, 6) is 0. The summed E-state index contributed by atoms with van der Waals surface area (Å²) >= 11 is 5.06. The van der Waals surface area contributed by atoms with Gasteiger partial charge in [0.25, 0.3) is 0 Å². The normalized spacial score (nSPS) is 16.0. The van der Waals surface area contributed by atoms with E-state index in [0.717, 1.165) is 24.5 Å². The van der Waals surface area contributed by atoms with Crippen LogP contribution >= 0.6 is 12.2 Å². The summed E-state index contributed by atoms with van der Waals surface area (Å²) in [6, 6.07) is 0.495. The van der Waals surface area contributed by atoms with Crippen molar-refractivity contribution in [1.82, 2.24) is 10.6 Å². The molecule has 0 unspecified atom stereocenters. The van der Waals surface area contributed by atoms with Crippen molar-refractivity contribution in [1.29, 1.82) is 0 Å². The molecule has 0 aromatic rings. The lowest BCUT2D eigenvalue weighted by molar-refractivity contribution is 0.646. The molecule has 0 amide bonds. The molecule has 0 heterocycles. The van der Waals surface area contributed by atoms with Crippen molar-refractivity contribution in [3.63, 3.8) is 0 Å². The molecule has 0 aromatic carbocycles. The molecule has 66 valence electrons. The maximum atomic E-state index is 5.06. The van der Waals surface area contributed by atoms with Crippen LogP contribution in [0.1, 0.15) is 12.8 Å². The third kappa shape index (κ3) is 3.05. The van der Waals surface area contributed by atoms with Gasteiger partial charge in [-0.15, -0.1) is 6.58 Å². The van der Waals surface area contributed by atoms with Crippen molar-refractivity contribution in [3.8, 4) is 0 Å². The molecule has 12 heavy (non-hydrogen) atoms. The Bertz CT molecular complexity index is 191. The van der Waals surface area contributed by atoms with Gasteiger partial charge in [-0.2, -0.15) is 0 Å². The molecule has 1 rings (SSSR count). The van der Waals surface area contributed by atoms with E-state index >= 15 is 0 Å². The second-order valence-corrected chi connectivity index (χ2v) is 3.19. The Morgan fingerprint density at radius 2 is 2.25 bits per heavy atom. The van der Waals surface area contributed by atoms with Crippen molar-refractivity contribution in [2.24, 2.45) is 0 Å². The topological polar surface area (TPSA) is 24.1 Å². The molecule has 2 nitrogen and oxygen atoms in total. The fourth-order valence-corrected chi connectivity index (χ4v) is 1.39. The molecule has 1 aliphatic carbocycles. The fourth-order valence-electron chi connectivity index (χ4n) is 1.14. The third-order valence-corrected chi connectivity index (χ3v) is 2.01. The summed E-state index contributed by atoms with van der Waals surface area (Å²) < 4.78 is 0. The molecule has 0 aromatic heterocycles. The van der Waals surface area contributed by atoms with E-state index < -0.39 is 0 Å². The van der Waals surface area contributed by atoms with Crippen LogP contribution in [0.3, 0.4) is 0 Å². The lowest BCUT2D eigenvalue weighted by Gasteiger charge is -2.14. The van der Waals surface area contributed by atoms with E-state index in [1.165, 1.54) is 0 Å². The molecule has 0 radical (unpaired) electrons. The van der Waals surface area contributed by atoms with Gasteiger partial charge in [0, 0.05) is 12.6 Å². The van der Waals surface area contributed by atoms with Crippen LogP contribution in [0.5, 0.6) is 0 Å². The van der Waals surface area contributed by atoms with Crippen LogP contribution in [0.2, 0.25) is 0 Å². The van der Waals surface area contributed by atoms with Crippen molar-refractivity contribution >= 4 is 17.3 Å². The zero-order valence-corrected chi connectivity index (χ0v) is 7.86. The summed E-state index contributed by atoms with van der Waals surface area (Å²) in [6.07, 6.45) is 8.30. The van der Waals surface area contributed by atoms with Gasteiger partial charge in [0.1, 0.15) is 0 Å². The fraction of sp³-hybridized carbons (Fsp3) is 0.444.